The maximum absolute atomic E-state index is 12.2. The van der Waals surface area contributed by atoms with E-state index in [1.54, 1.807) is 18.4 Å². The van der Waals surface area contributed by atoms with E-state index in [1.165, 1.54) is 4.88 Å². The Morgan fingerprint density at radius 3 is 2.78 bits per heavy atom. The van der Waals surface area contributed by atoms with Gasteiger partial charge in [-0.05, 0) is 25.3 Å². The molecule has 0 fully saturated rings. The normalized spacial score (nSPS) is 11.6. The SMILES string of the molecule is COCCN(Cc1cccs1)C(=O)CC(C)(C)N. The predicted molar refractivity (Wildman–Crippen MR) is 74.5 cm³/mol. The molecule has 1 aromatic rings. The molecular formula is C13H22N2O2S. The third-order valence-electron chi connectivity index (χ3n) is 2.45. The van der Waals surface area contributed by atoms with Crippen molar-refractivity contribution in [2.24, 2.45) is 5.73 Å². The molecule has 0 aliphatic heterocycles. The fourth-order valence-electron chi connectivity index (χ4n) is 1.59. The first-order valence-electron chi connectivity index (χ1n) is 6.00. The standard InChI is InChI=1S/C13H22N2O2S/c1-13(2,14)9-12(16)15(6-7-17-3)10-11-5-4-8-18-11/h4-5,8H,6-7,9-10,14H2,1-3H3. The lowest BCUT2D eigenvalue weighted by atomic mass is 10.0. The zero-order valence-electron chi connectivity index (χ0n) is 11.3. The van der Waals surface area contributed by atoms with Crippen molar-refractivity contribution in [3.05, 3.63) is 22.4 Å². The second kappa shape index (κ2) is 6.87. The van der Waals surface area contributed by atoms with Gasteiger partial charge in [0.15, 0.2) is 0 Å². The fraction of sp³-hybridized carbons (Fsp3) is 0.615. The average molecular weight is 270 g/mol. The number of rotatable bonds is 7. The molecule has 0 saturated heterocycles. The van der Waals surface area contributed by atoms with E-state index >= 15 is 0 Å². The molecule has 0 bridgehead atoms. The van der Waals surface area contributed by atoms with E-state index < -0.39 is 5.54 Å². The van der Waals surface area contributed by atoms with Crippen LogP contribution in [0.3, 0.4) is 0 Å². The average Bonchev–Trinajstić information content (AvgIpc) is 2.74. The highest BCUT2D eigenvalue weighted by atomic mass is 32.1. The molecule has 1 heterocycles. The van der Waals surface area contributed by atoms with E-state index in [0.29, 0.717) is 26.1 Å². The Bertz CT molecular complexity index is 358. The summed E-state index contributed by atoms with van der Waals surface area (Å²) in [6.45, 7) is 5.51. The summed E-state index contributed by atoms with van der Waals surface area (Å²) in [5.74, 6) is 0.0768. The van der Waals surface area contributed by atoms with Crippen LogP contribution in [0.5, 0.6) is 0 Å². The molecule has 0 saturated carbocycles. The topological polar surface area (TPSA) is 55.6 Å². The number of ether oxygens (including phenoxy) is 1. The van der Waals surface area contributed by atoms with Crippen molar-refractivity contribution in [1.29, 1.82) is 0 Å². The van der Waals surface area contributed by atoms with E-state index in [1.807, 2.05) is 36.3 Å². The quantitative estimate of drug-likeness (QED) is 0.822. The summed E-state index contributed by atoms with van der Waals surface area (Å²) in [4.78, 5) is 15.2. The third-order valence-corrected chi connectivity index (χ3v) is 3.31. The lowest BCUT2D eigenvalue weighted by Crippen LogP contribution is -2.42. The Morgan fingerprint density at radius 2 is 2.28 bits per heavy atom. The number of carbonyl (C=O) groups is 1. The smallest absolute Gasteiger partial charge is 0.224 e. The minimum atomic E-state index is -0.474. The van der Waals surface area contributed by atoms with Crippen molar-refractivity contribution in [2.45, 2.75) is 32.4 Å². The zero-order chi connectivity index (χ0) is 13.6. The van der Waals surface area contributed by atoms with Crippen LogP contribution in [0, 0.1) is 0 Å². The summed E-state index contributed by atoms with van der Waals surface area (Å²) in [5.41, 5.74) is 5.43. The van der Waals surface area contributed by atoms with Crippen molar-refractivity contribution < 1.29 is 9.53 Å². The number of methoxy groups -OCH3 is 1. The van der Waals surface area contributed by atoms with Gasteiger partial charge in [0.05, 0.1) is 13.2 Å². The van der Waals surface area contributed by atoms with Gasteiger partial charge in [0.1, 0.15) is 0 Å². The molecule has 0 aromatic carbocycles. The summed E-state index contributed by atoms with van der Waals surface area (Å²) < 4.78 is 5.05. The number of nitrogens with two attached hydrogens (primary N) is 1. The Kier molecular flexibility index (Phi) is 5.78. The lowest BCUT2D eigenvalue weighted by Gasteiger charge is -2.26. The maximum atomic E-state index is 12.2. The van der Waals surface area contributed by atoms with Crippen molar-refractivity contribution in [2.75, 3.05) is 20.3 Å². The fourth-order valence-corrected chi connectivity index (χ4v) is 2.31. The first kappa shape index (κ1) is 15.1. The van der Waals surface area contributed by atoms with Gasteiger partial charge in [-0.25, -0.2) is 0 Å². The van der Waals surface area contributed by atoms with Crippen LogP contribution < -0.4 is 5.73 Å². The Labute approximate surface area is 113 Å². The molecule has 0 atom stereocenters. The molecule has 1 aromatic heterocycles. The highest BCUT2D eigenvalue weighted by Gasteiger charge is 2.21. The molecule has 0 aliphatic rings. The first-order chi connectivity index (χ1) is 8.42. The summed E-state index contributed by atoms with van der Waals surface area (Å²) in [6, 6.07) is 4.02. The van der Waals surface area contributed by atoms with Crippen molar-refractivity contribution in [1.82, 2.24) is 4.90 Å². The highest BCUT2D eigenvalue weighted by molar-refractivity contribution is 7.09. The summed E-state index contributed by atoms with van der Waals surface area (Å²) in [7, 11) is 1.64. The number of amides is 1. The van der Waals surface area contributed by atoms with Crippen LogP contribution in [-0.2, 0) is 16.1 Å². The minimum Gasteiger partial charge on any atom is -0.383 e. The monoisotopic (exact) mass is 270 g/mol. The number of thiophene rings is 1. The molecule has 0 aliphatic carbocycles. The molecule has 0 spiro atoms. The van der Waals surface area contributed by atoms with Gasteiger partial charge in [0.25, 0.3) is 0 Å². The summed E-state index contributed by atoms with van der Waals surface area (Å²) in [6.07, 6.45) is 0.349. The number of carbonyl (C=O) groups excluding carboxylic acids is 1. The van der Waals surface area contributed by atoms with Gasteiger partial charge in [-0.1, -0.05) is 6.07 Å². The second-order valence-corrected chi connectivity index (χ2v) is 6.09. The molecule has 18 heavy (non-hydrogen) atoms. The van der Waals surface area contributed by atoms with Crippen LogP contribution in [0.4, 0.5) is 0 Å². The summed E-state index contributed by atoms with van der Waals surface area (Å²) >= 11 is 1.65. The van der Waals surface area contributed by atoms with Gasteiger partial charge in [0, 0.05) is 30.5 Å². The number of hydrogen-bond acceptors (Lipinski definition) is 4. The van der Waals surface area contributed by atoms with Crippen molar-refractivity contribution in [3.8, 4) is 0 Å². The second-order valence-electron chi connectivity index (χ2n) is 5.05. The van der Waals surface area contributed by atoms with Gasteiger partial charge in [-0.2, -0.15) is 0 Å². The number of hydrogen-bond donors (Lipinski definition) is 1. The Balaban J connectivity index is 2.62. The van der Waals surface area contributed by atoms with Gasteiger partial charge < -0.3 is 15.4 Å². The predicted octanol–water partition coefficient (Wildman–Crippen LogP) is 1.85. The molecule has 5 heteroatoms. The molecular weight excluding hydrogens is 248 g/mol. The molecule has 102 valence electrons. The van der Waals surface area contributed by atoms with E-state index in [2.05, 4.69) is 0 Å². The van der Waals surface area contributed by atoms with Crippen molar-refractivity contribution >= 4 is 17.2 Å². The van der Waals surface area contributed by atoms with Crippen LogP contribution in [0.2, 0.25) is 0 Å². The Hall–Kier alpha value is -0.910. The maximum Gasteiger partial charge on any atom is 0.224 e. The van der Waals surface area contributed by atoms with E-state index in [0.717, 1.165) is 0 Å². The molecule has 0 radical (unpaired) electrons. The largest absolute Gasteiger partial charge is 0.383 e. The molecule has 2 N–H and O–H groups in total. The van der Waals surface area contributed by atoms with Crippen LogP contribution in [-0.4, -0.2) is 36.6 Å². The zero-order valence-corrected chi connectivity index (χ0v) is 12.1. The molecule has 1 amide bonds. The number of nitrogens with zero attached hydrogens (tertiary/aromatic N) is 1. The van der Waals surface area contributed by atoms with Gasteiger partial charge in [-0.15, -0.1) is 11.3 Å². The van der Waals surface area contributed by atoms with Crippen LogP contribution in [0.1, 0.15) is 25.1 Å². The minimum absolute atomic E-state index is 0.0768. The van der Waals surface area contributed by atoms with Crippen molar-refractivity contribution in [3.63, 3.8) is 0 Å². The highest BCUT2D eigenvalue weighted by Crippen LogP contribution is 2.14. The first-order valence-corrected chi connectivity index (χ1v) is 6.88. The van der Waals surface area contributed by atoms with Crippen LogP contribution >= 0.6 is 11.3 Å². The third kappa shape index (κ3) is 5.62. The molecule has 0 unspecified atom stereocenters. The summed E-state index contributed by atoms with van der Waals surface area (Å²) in [5, 5.41) is 2.02. The van der Waals surface area contributed by atoms with Crippen LogP contribution in [0.25, 0.3) is 0 Å². The van der Waals surface area contributed by atoms with E-state index in [-0.39, 0.29) is 5.91 Å². The van der Waals surface area contributed by atoms with Gasteiger partial charge in [-0.3, -0.25) is 4.79 Å². The van der Waals surface area contributed by atoms with E-state index in [4.69, 9.17) is 10.5 Å². The van der Waals surface area contributed by atoms with Gasteiger partial charge in [0.2, 0.25) is 5.91 Å². The lowest BCUT2D eigenvalue weighted by molar-refractivity contribution is -0.133. The molecule has 1 rings (SSSR count). The van der Waals surface area contributed by atoms with Gasteiger partial charge >= 0.3 is 0 Å². The van der Waals surface area contributed by atoms with E-state index in [9.17, 15) is 4.79 Å². The Morgan fingerprint density at radius 1 is 1.56 bits per heavy atom. The molecule has 4 nitrogen and oxygen atoms in total. The van der Waals surface area contributed by atoms with Crippen LogP contribution in [0.15, 0.2) is 17.5 Å².